The van der Waals surface area contributed by atoms with Gasteiger partial charge in [-0.3, -0.25) is 4.79 Å². The fraction of sp³-hybridized carbons (Fsp3) is 0.941. The van der Waals surface area contributed by atoms with Crippen LogP contribution in [0, 0.1) is 11.8 Å². The van der Waals surface area contributed by atoms with Gasteiger partial charge in [-0.1, -0.05) is 34.6 Å². The zero-order valence-corrected chi connectivity index (χ0v) is 15.0. The van der Waals surface area contributed by atoms with Crippen molar-refractivity contribution in [3.8, 4) is 0 Å². The maximum atomic E-state index is 11.7. The Morgan fingerprint density at radius 2 is 1.71 bits per heavy atom. The number of carbonyl (C=O) groups excluding carboxylic acids is 1. The quantitative estimate of drug-likeness (QED) is 0.582. The van der Waals surface area contributed by atoms with E-state index < -0.39 is 5.54 Å². The van der Waals surface area contributed by atoms with Gasteiger partial charge in [0.15, 0.2) is 0 Å². The zero-order chi connectivity index (χ0) is 16.5. The van der Waals surface area contributed by atoms with E-state index in [-0.39, 0.29) is 5.91 Å². The lowest BCUT2D eigenvalue weighted by Crippen LogP contribution is -2.53. The molecule has 0 radical (unpaired) electrons. The van der Waals surface area contributed by atoms with Gasteiger partial charge in [0, 0.05) is 13.1 Å². The summed E-state index contributed by atoms with van der Waals surface area (Å²) in [5, 5.41) is 3.31. The molecule has 0 saturated heterocycles. The Hall–Kier alpha value is -0.610. The van der Waals surface area contributed by atoms with Gasteiger partial charge in [-0.25, -0.2) is 0 Å². The highest BCUT2D eigenvalue weighted by molar-refractivity contribution is 5.84. The van der Waals surface area contributed by atoms with Crippen molar-refractivity contribution in [3.63, 3.8) is 0 Å². The highest BCUT2D eigenvalue weighted by atomic mass is 16.1. The smallest absolute Gasteiger partial charge is 0.237 e. The van der Waals surface area contributed by atoms with Crippen LogP contribution in [-0.4, -0.2) is 42.5 Å². The SMILES string of the molecule is CCCNC(C)(CCCN(CC(C)C)CC(C)C)C(N)=O. The molecule has 126 valence electrons. The molecule has 0 aromatic carbocycles. The summed E-state index contributed by atoms with van der Waals surface area (Å²) in [7, 11) is 0. The molecule has 1 atom stereocenters. The molecule has 4 nitrogen and oxygen atoms in total. The number of nitrogens with one attached hydrogen (secondary N) is 1. The standard InChI is InChI=1S/C17H37N3O/c1-7-10-19-17(6,16(18)21)9-8-11-20(12-14(2)3)13-15(4)5/h14-15,19H,7-13H2,1-6H3,(H2,18,21). The topological polar surface area (TPSA) is 58.4 Å². The predicted octanol–water partition coefficient (Wildman–Crippen LogP) is 2.62. The molecule has 0 saturated carbocycles. The fourth-order valence-corrected chi connectivity index (χ4v) is 2.65. The molecule has 0 fully saturated rings. The molecule has 0 aliphatic carbocycles. The monoisotopic (exact) mass is 299 g/mol. The van der Waals surface area contributed by atoms with E-state index in [1.165, 1.54) is 0 Å². The second kappa shape index (κ2) is 10.2. The summed E-state index contributed by atoms with van der Waals surface area (Å²) in [5.74, 6) is 1.10. The molecule has 0 rings (SSSR count). The van der Waals surface area contributed by atoms with Crippen LogP contribution in [-0.2, 0) is 4.79 Å². The van der Waals surface area contributed by atoms with Gasteiger partial charge in [0.25, 0.3) is 0 Å². The van der Waals surface area contributed by atoms with E-state index in [0.717, 1.165) is 45.4 Å². The van der Waals surface area contributed by atoms with Gasteiger partial charge in [-0.2, -0.15) is 0 Å². The van der Waals surface area contributed by atoms with Gasteiger partial charge in [0.2, 0.25) is 5.91 Å². The number of carbonyl (C=O) groups is 1. The Balaban J connectivity index is 4.39. The first kappa shape index (κ1) is 20.4. The van der Waals surface area contributed by atoms with Crippen LogP contribution in [0.5, 0.6) is 0 Å². The second-order valence-corrected chi connectivity index (χ2v) is 7.27. The minimum absolute atomic E-state index is 0.241. The Morgan fingerprint density at radius 1 is 1.19 bits per heavy atom. The molecular formula is C17H37N3O. The Bertz CT molecular complexity index is 282. The van der Waals surface area contributed by atoms with Gasteiger partial charge in [0.1, 0.15) is 0 Å². The third kappa shape index (κ3) is 9.10. The van der Waals surface area contributed by atoms with E-state index in [2.05, 4.69) is 44.8 Å². The molecule has 0 aromatic heterocycles. The molecule has 0 heterocycles. The van der Waals surface area contributed by atoms with Crippen molar-refractivity contribution >= 4 is 5.91 Å². The Labute approximate surface area is 131 Å². The Morgan fingerprint density at radius 3 is 2.10 bits per heavy atom. The second-order valence-electron chi connectivity index (χ2n) is 7.27. The van der Waals surface area contributed by atoms with Crippen LogP contribution in [0.3, 0.4) is 0 Å². The highest BCUT2D eigenvalue weighted by Gasteiger charge is 2.29. The lowest BCUT2D eigenvalue weighted by molar-refractivity contribution is -0.124. The molecule has 0 bridgehead atoms. The number of hydrogen-bond acceptors (Lipinski definition) is 3. The first-order valence-electron chi connectivity index (χ1n) is 8.48. The van der Waals surface area contributed by atoms with Crippen LogP contribution in [0.2, 0.25) is 0 Å². The average molecular weight is 300 g/mol. The maximum absolute atomic E-state index is 11.7. The van der Waals surface area contributed by atoms with Crippen LogP contribution >= 0.6 is 0 Å². The number of rotatable bonds is 12. The summed E-state index contributed by atoms with van der Waals surface area (Å²) >= 11 is 0. The highest BCUT2D eigenvalue weighted by Crippen LogP contribution is 2.14. The van der Waals surface area contributed by atoms with Crippen LogP contribution in [0.1, 0.15) is 60.8 Å². The third-order valence-corrected chi connectivity index (χ3v) is 3.71. The summed E-state index contributed by atoms with van der Waals surface area (Å²) in [6.45, 7) is 17.2. The van der Waals surface area contributed by atoms with Gasteiger partial charge in [-0.15, -0.1) is 0 Å². The molecule has 4 heteroatoms. The van der Waals surface area contributed by atoms with Gasteiger partial charge in [-0.05, 0) is 51.1 Å². The summed E-state index contributed by atoms with van der Waals surface area (Å²) in [6, 6.07) is 0. The van der Waals surface area contributed by atoms with Crippen LogP contribution in [0.25, 0.3) is 0 Å². The molecule has 1 unspecified atom stereocenters. The summed E-state index contributed by atoms with van der Waals surface area (Å²) < 4.78 is 0. The van der Waals surface area contributed by atoms with Gasteiger partial charge >= 0.3 is 0 Å². The lowest BCUT2D eigenvalue weighted by Gasteiger charge is -2.30. The van der Waals surface area contributed by atoms with Gasteiger partial charge in [0.05, 0.1) is 5.54 Å². The molecule has 3 N–H and O–H groups in total. The van der Waals surface area contributed by atoms with Crippen molar-refractivity contribution in [2.24, 2.45) is 17.6 Å². The van der Waals surface area contributed by atoms with E-state index in [1.54, 1.807) is 0 Å². The van der Waals surface area contributed by atoms with Crippen molar-refractivity contribution in [2.75, 3.05) is 26.2 Å². The Kier molecular flexibility index (Phi) is 9.88. The average Bonchev–Trinajstić information content (AvgIpc) is 2.34. The van der Waals surface area contributed by atoms with Crippen LogP contribution < -0.4 is 11.1 Å². The number of amides is 1. The molecule has 0 aromatic rings. The van der Waals surface area contributed by atoms with Crippen molar-refractivity contribution in [3.05, 3.63) is 0 Å². The van der Waals surface area contributed by atoms with E-state index >= 15 is 0 Å². The minimum atomic E-state index is -0.572. The molecule has 21 heavy (non-hydrogen) atoms. The number of hydrogen-bond donors (Lipinski definition) is 2. The summed E-state index contributed by atoms with van der Waals surface area (Å²) in [5.41, 5.74) is 5.00. The lowest BCUT2D eigenvalue weighted by atomic mass is 9.94. The molecular weight excluding hydrogens is 262 g/mol. The first-order valence-corrected chi connectivity index (χ1v) is 8.48. The van der Waals surface area contributed by atoms with Crippen molar-refractivity contribution in [2.45, 2.75) is 66.3 Å². The summed E-state index contributed by atoms with van der Waals surface area (Å²) in [6.07, 6.45) is 2.81. The zero-order valence-electron chi connectivity index (χ0n) is 15.0. The van der Waals surface area contributed by atoms with Crippen LogP contribution in [0.4, 0.5) is 0 Å². The largest absolute Gasteiger partial charge is 0.368 e. The molecule has 0 aliphatic rings. The van der Waals surface area contributed by atoms with E-state index in [9.17, 15) is 4.79 Å². The number of nitrogens with zero attached hydrogens (tertiary/aromatic N) is 1. The van der Waals surface area contributed by atoms with Crippen LogP contribution in [0.15, 0.2) is 0 Å². The molecule has 0 spiro atoms. The maximum Gasteiger partial charge on any atom is 0.237 e. The number of primary amides is 1. The minimum Gasteiger partial charge on any atom is -0.368 e. The van der Waals surface area contributed by atoms with E-state index in [1.807, 2.05) is 6.92 Å². The van der Waals surface area contributed by atoms with Crippen molar-refractivity contribution in [1.29, 1.82) is 0 Å². The first-order chi connectivity index (χ1) is 9.71. The van der Waals surface area contributed by atoms with Gasteiger partial charge < -0.3 is 16.0 Å². The fourth-order valence-electron chi connectivity index (χ4n) is 2.65. The van der Waals surface area contributed by atoms with Crippen molar-refractivity contribution in [1.82, 2.24) is 10.2 Å². The predicted molar refractivity (Wildman–Crippen MR) is 91.2 cm³/mol. The van der Waals surface area contributed by atoms with Crippen molar-refractivity contribution < 1.29 is 4.79 Å². The third-order valence-electron chi connectivity index (χ3n) is 3.71. The molecule has 0 aliphatic heterocycles. The number of nitrogens with two attached hydrogens (primary N) is 1. The normalized spacial score (nSPS) is 14.9. The van der Waals surface area contributed by atoms with E-state index in [0.29, 0.717) is 11.8 Å². The molecule has 1 amide bonds. The summed E-state index contributed by atoms with van der Waals surface area (Å²) in [4.78, 5) is 14.2. The van der Waals surface area contributed by atoms with E-state index in [4.69, 9.17) is 5.73 Å².